The fraction of sp³-hybridized carbons (Fsp3) is 0.474. The summed E-state index contributed by atoms with van der Waals surface area (Å²) in [6.07, 6.45) is 5.23. The summed E-state index contributed by atoms with van der Waals surface area (Å²) in [7, 11) is 0. The van der Waals surface area contributed by atoms with Crippen LogP contribution in [0.5, 0.6) is 5.75 Å². The van der Waals surface area contributed by atoms with Gasteiger partial charge in [-0.25, -0.2) is 9.67 Å². The molecule has 1 aliphatic heterocycles. The number of benzene rings is 1. The number of hydrogen-bond acceptors (Lipinski definition) is 7. The lowest BCUT2D eigenvalue weighted by molar-refractivity contribution is 0.212. The van der Waals surface area contributed by atoms with Crippen molar-refractivity contribution < 1.29 is 4.74 Å². The fourth-order valence-corrected chi connectivity index (χ4v) is 4.40. The Hall–Kier alpha value is -2.32. The van der Waals surface area contributed by atoms with Crippen molar-refractivity contribution in [3.63, 3.8) is 0 Å². The molecule has 3 heterocycles. The highest BCUT2D eigenvalue weighted by Crippen LogP contribution is 2.30. The molecule has 1 aliphatic rings. The number of tetrazole rings is 1. The van der Waals surface area contributed by atoms with Crippen LogP contribution in [0.3, 0.4) is 0 Å². The zero-order valence-electron chi connectivity index (χ0n) is 15.5. The standard InChI is InChI=1S/C19H24N6OS/c1-2-9-24-10-7-15(8-11-24)19-21-16(13-27-19)12-26-18-5-3-17(4-6-18)25-14-20-22-23-25/h3-6,13-15H,2,7-12H2,1H3. The molecule has 0 saturated carbocycles. The summed E-state index contributed by atoms with van der Waals surface area (Å²) in [6, 6.07) is 7.71. The van der Waals surface area contributed by atoms with Crippen LogP contribution in [0.4, 0.5) is 0 Å². The smallest absolute Gasteiger partial charge is 0.143 e. The first-order chi connectivity index (χ1) is 13.3. The van der Waals surface area contributed by atoms with Crippen LogP contribution < -0.4 is 4.74 Å². The molecular formula is C19H24N6OS. The third kappa shape index (κ3) is 4.51. The van der Waals surface area contributed by atoms with Gasteiger partial charge in [-0.3, -0.25) is 0 Å². The number of nitrogens with zero attached hydrogens (tertiary/aromatic N) is 6. The van der Waals surface area contributed by atoms with Crippen LogP contribution >= 0.6 is 11.3 Å². The van der Waals surface area contributed by atoms with Gasteiger partial charge in [-0.2, -0.15) is 0 Å². The van der Waals surface area contributed by atoms with Crippen LogP contribution in [0.15, 0.2) is 36.0 Å². The molecule has 3 aromatic rings. The zero-order valence-corrected chi connectivity index (χ0v) is 16.3. The summed E-state index contributed by atoms with van der Waals surface area (Å²) in [5.41, 5.74) is 1.91. The Bertz CT molecular complexity index is 824. The number of piperidine rings is 1. The molecule has 0 aliphatic carbocycles. The quantitative estimate of drug-likeness (QED) is 0.623. The predicted molar refractivity (Wildman–Crippen MR) is 104 cm³/mol. The molecule has 142 valence electrons. The van der Waals surface area contributed by atoms with Gasteiger partial charge in [-0.05, 0) is 73.6 Å². The first-order valence-electron chi connectivity index (χ1n) is 9.44. The van der Waals surface area contributed by atoms with Gasteiger partial charge >= 0.3 is 0 Å². The largest absolute Gasteiger partial charge is 0.487 e. The van der Waals surface area contributed by atoms with Crippen molar-refractivity contribution in [3.8, 4) is 11.4 Å². The van der Waals surface area contributed by atoms with Gasteiger partial charge in [0.25, 0.3) is 0 Å². The van der Waals surface area contributed by atoms with E-state index in [4.69, 9.17) is 9.72 Å². The first kappa shape index (κ1) is 18.1. The highest BCUT2D eigenvalue weighted by molar-refractivity contribution is 7.09. The Morgan fingerprint density at radius 2 is 2.00 bits per heavy atom. The minimum absolute atomic E-state index is 0.495. The minimum atomic E-state index is 0.495. The number of rotatable bonds is 7. The van der Waals surface area contributed by atoms with Crippen molar-refractivity contribution in [3.05, 3.63) is 46.7 Å². The van der Waals surface area contributed by atoms with Crippen LogP contribution in [-0.4, -0.2) is 49.7 Å². The molecule has 1 aromatic carbocycles. The molecule has 0 bridgehead atoms. The molecular weight excluding hydrogens is 360 g/mol. The van der Waals surface area contributed by atoms with Crippen molar-refractivity contribution in [1.82, 2.24) is 30.1 Å². The van der Waals surface area contributed by atoms with Gasteiger partial charge in [-0.1, -0.05) is 6.92 Å². The summed E-state index contributed by atoms with van der Waals surface area (Å²) in [4.78, 5) is 7.39. The van der Waals surface area contributed by atoms with Gasteiger partial charge in [0.2, 0.25) is 0 Å². The molecule has 7 nitrogen and oxygen atoms in total. The fourth-order valence-electron chi connectivity index (χ4n) is 3.43. The molecule has 4 rings (SSSR count). The lowest BCUT2D eigenvalue weighted by Crippen LogP contribution is -2.33. The Balaban J connectivity index is 1.30. The zero-order chi connectivity index (χ0) is 18.5. The first-order valence-corrected chi connectivity index (χ1v) is 10.3. The van der Waals surface area contributed by atoms with E-state index in [9.17, 15) is 0 Å². The lowest BCUT2D eigenvalue weighted by Gasteiger charge is -2.30. The summed E-state index contributed by atoms with van der Waals surface area (Å²) in [5, 5.41) is 14.6. The molecule has 0 spiro atoms. The van der Waals surface area contributed by atoms with Crippen LogP contribution in [0.25, 0.3) is 5.69 Å². The van der Waals surface area contributed by atoms with E-state index in [0.29, 0.717) is 12.5 Å². The lowest BCUT2D eigenvalue weighted by atomic mass is 9.97. The van der Waals surface area contributed by atoms with Crippen molar-refractivity contribution in [2.45, 2.75) is 38.7 Å². The normalized spacial score (nSPS) is 15.9. The number of aromatic nitrogens is 5. The maximum Gasteiger partial charge on any atom is 0.143 e. The Morgan fingerprint density at radius 3 is 2.70 bits per heavy atom. The van der Waals surface area contributed by atoms with E-state index >= 15 is 0 Å². The highest BCUT2D eigenvalue weighted by atomic mass is 32.1. The topological polar surface area (TPSA) is 69.0 Å². The van der Waals surface area contributed by atoms with Gasteiger partial charge in [0.1, 0.15) is 18.7 Å². The van der Waals surface area contributed by atoms with Gasteiger partial charge < -0.3 is 9.64 Å². The van der Waals surface area contributed by atoms with Crippen molar-refractivity contribution in [1.29, 1.82) is 0 Å². The molecule has 2 aromatic heterocycles. The molecule has 0 radical (unpaired) electrons. The second-order valence-corrected chi connectivity index (χ2v) is 7.72. The average molecular weight is 385 g/mol. The minimum Gasteiger partial charge on any atom is -0.487 e. The number of thiazole rings is 1. The van der Waals surface area contributed by atoms with Crippen LogP contribution in [0.1, 0.15) is 42.8 Å². The van der Waals surface area contributed by atoms with Crippen LogP contribution in [0, 0.1) is 0 Å². The van der Waals surface area contributed by atoms with Crippen molar-refractivity contribution >= 4 is 11.3 Å². The summed E-state index contributed by atoms with van der Waals surface area (Å²) < 4.78 is 7.50. The average Bonchev–Trinajstić information content (AvgIpc) is 3.40. The molecule has 1 saturated heterocycles. The van der Waals surface area contributed by atoms with E-state index in [-0.39, 0.29) is 0 Å². The van der Waals surface area contributed by atoms with Crippen LogP contribution in [-0.2, 0) is 6.61 Å². The van der Waals surface area contributed by atoms with E-state index in [1.807, 2.05) is 24.3 Å². The maximum absolute atomic E-state index is 5.89. The van der Waals surface area contributed by atoms with Gasteiger partial charge in [0.05, 0.1) is 16.4 Å². The van der Waals surface area contributed by atoms with Gasteiger partial charge in [-0.15, -0.1) is 16.4 Å². The SMILES string of the molecule is CCCN1CCC(c2nc(COc3ccc(-n4cnnn4)cc3)cs2)CC1. The second-order valence-electron chi connectivity index (χ2n) is 6.83. The number of likely N-dealkylation sites (tertiary alicyclic amines) is 1. The summed E-state index contributed by atoms with van der Waals surface area (Å²) in [6.45, 7) is 6.35. The van der Waals surface area contributed by atoms with Gasteiger partial charge in [0, 0.05) is 11.3 Å². The van der Waals surface area contributed by atoms with E-state index < -0.39 is 0 Å². The summed E-state index contributed by atoms with van der Waals surface area (Å²) >= 11 is 1.77. The molecule has 0 unspecified atom stereocenters. The summed E-state index contributed by atoms with van der Waals surface area (Å²) in [5.74, 6) is 1.42. The third-order valence-electron chi connectivity index (χ3n) is 4.88. The second kappa shape index (κ2) is 8.58. The number of hydrogen-bond donors (Lipinski definition) is 0. The van der Waals surface area contributed by atoms with Gasteiger partial charge in [0.15, 0.2) is 0 Å². The Kier molecular flexibility index (Phi) is 5.74. The molecule has 27 heavy (non-hydrogen) atoms. The number of ether oxygens (including phenoxy) is 1. The maximum atomic E-state index is 5.89. The molecule has 0 amide bonds. The molecule has 0 N–H and O–H groups in total. The highest BCUT2D eigenvalue weighted by Gasteiger charge is 2.22. The monoisotopic (exact) mass is 384 g/mol. The molecule has 0 atom stereocenters. The van der Waals surface area contributed by atoms with E-state index in [2.05, 4.69) is 32.7 Å². The van der Waals surface area contributed by atoms with E-state index in [1.165, 1.54) is 43.9 Å². The molecule has 1 fully saturated rings. The third-order valence-corrected chi connectivity index (χ3v) is 5.94. The Labute approximate surface area is 163 Å². The molecule has 8 heteroatoms. The predicted octanol–water partition coefficient (Wildman–Crippen LogP) is 3.29. The van der Waals surface area contributed by atoms with E-state index in [0.717, 1.165) is 17.1 Å². The van der Waals surface area contributed by atoms with Crippen molar-refractivity contribution in [2.75, 3.05) is 19.6 Å². The van der Waals surface area contributed by atoms with Crippen molar-refractivity contribution in [2.24, 2.45) is 0 Å². The van der Waals surface area contributed by atoms with Crippen LogP contribution in [0.2, 0.25) is 0 Å². The Morgan fingerprint density at radius 1 is 1.19 bits per heavy atom. The van der Waals surface area contributed by atoms with E-state index in [1.54, 1.807) is 22.3 Å².